The van der Waals surface area contributed by atoms with Gasteiger partial charge < -0.3 is 5.32 Å². The highest BCUT2D eigenvalue weighted by Crippen LogP contribution is 2.23. The molecule has 1 aliphatic heterocycles. The van der Waals surface area contributed by atoms with E-state index in [1.54, 1.807) is 12.4 Å². The van der Waals surface area contributed by atoms with Crippen LogP contribution in [-0.2, 0) is 11.5 Å². The molecule has 180 valence electrons. The molecule has 1 fully saturated rings. The number of amides is 1. The minimum atomic E-state index is 0.100. The zero-order valence-corrected chi connectivity index (χ0v) is 21.0. The molecule has 0 saturated carbocycles. The van der Waals surface area contributed by atoms with Crippen LogP contribution in [0, 0.1) is 17.6 Å². The Balaban J connectivity index is 1.47. The van der Waals surface area contributed by atoms with Crippen LogP contribution in [0.2, 0.25) is 0 Å². The fourth-order valence-electron chi connectivity index (χ4n) is 3.97. The van der Waals surface area contributed by atoms with Gasteiger partial charge in [0.15, 0.2) is 5.82 Å². The molecule has 1 saturated heterocycles. The molecule has 34 heavy (non-hydrogen) atoms. The molecule has 1 amide bonds. The summed E-state index contributed by atoms with van der Waals surface area (Å²) in [5.74, 6) is 1.36. The maximum Gasteiger partial charge on any atom is 0.234 e. The number of rotatable bonds is 8. The maximum atomic E-state index is 12.2. The van der Waals surface area contributed by atoms with E-state index in [2.05, 4.69) is 65.1 Å². The first-order valence-electron chi connectivity index (χ1n) is 11.8. The molecule has 4 rings (SSSR count). The highest BCUT2D eigenvalue weighted by molar-refractivity contribution is 7.71. The van der Waals surface area contributed by atoms with Gasteiger partial charge in [-0.3, -0.25) is 24.1 Å². The number of nitrogens with one attached hydrogen (secondary N) is 1. The van der Waals surface area contributed by atoms with E-state index in [1.807, 2.05) is 21.4 Å². The van der Waals surface area contributed by atoms with Crippen molar-refractivity contribution in [2.24, 2.45) is 5.92 Å². The summed E-state index contributed by atoms with van der Waals surface area (Å²) in [7, 11) is 0. The Kier molecular flexibility index (Phi) is 7.87. The van der Waals surface area contributed by atoms with Gasteiger partial charge >= 0.3 is 0 Å². The number of hydrogen-bond donors (Lipinski definition) is 1. The molecule has 0 spiro atoms. The fourth-order valence-corrected chi connectivity index (χ4v) is 4.26. The average molecular weight is 480 g/mol. The summed E-state index contributed by atoms with van der Waals surface area (Å²) in [5, 5.41) is 7.91. The van der Waals surface area contributed by atoms with Gasteiger partial charge in [-0.1, -0.05) is 31.5 Å². The number of aromatic nitrogens is 4. The van der Waals surface area contributed by atoms with Crippen molar-refractivity contribution in [2.45, 2.75) is 27.4 Å². The summed E-state index contributed by atoms with van der Waals surface area (Å²) in [6.45, 7) is 11.5. The number of hydrogen-bond acceptors (Lipinski definition) is 6. The number of benzene rings is 1. The molecule has 1 N–H and O–H groups in total. The van der Waals surface area contributed by atoms with Crippen molar-refractivity contribution in [3.63, 3.8) is 0 Å². The third kappa shape index (κ3) is 5.97. The molecule has 0 radical (unpaired) electrons. The number of carbonyl (C=O) groups is 1. The SMILES string of the molecule is Cc1ccc(-n2c(-c3ccncc3)nn(CN3CCN(CC(=O)NCC(C)C)CC3)c2=S)cc1. The first-order chi connectivity index (χ1) is 16.4. The van der Waals surface area contributed by atoms with Crippen LogP contribution in [0.3, 0.4) is 0 Å². The number of carbonyl (C=O) groups excluding carboxylic acids is 1. The van der Waals surface area contributed by atoms with Gasteiger partial charge in [-0.2, -0.15) is 0 Å². The van der Waals surface area contributed by atoms with Gasteiger partial charge in [0.05, 0.1) is 13.2 Å². The fraction of sp³-hybridized carbons (Fsp3) is 0.440. The minimum absolute atomic E-state index is 0.100. The molecule has 8 nitrogen and oxygen atoms in total. The number of pyridine rings is 1. The largest absolute Gasteiger partial charge is 0.355 e. The zero-order chi connectivity index (χ0) is 24.1. The Morgan fingerprint density at radius 3 is 2.32 bits per heavy atom. The highest BCUT2D eigenvalue weighted by atomic mass is 32.1. The van der Waals surface area contributed by atoms with Gasteiger partial charge in [-0.15, -0.1) is 5.10 Å². The van der Waals surface area contributed by atoms with E-state index in [-0.39, 0.29) is 5.91 Å². The quantitative estimate of drug-likeness (QED) is 0.501. The highest BCUT2D eigenvalue weighted by Gasteiger charge is 2.21. The van der Waals surface area contributed by atoms with Crippen molar-refractivity contribution < 1.29 is 4.79 Å². The lowest BCUT2D eigenvalue weighted by atomic mass is 10.2. The molecule has 1 aliphatic rings. The second kappa shape index (κ2) is 11.0. The molecule has 1 aromatic carbocycles. The van der Waals surface area contributed by atoms with Crippen LogP contribution in [0.1, 0.15) is 19.4 Å². The van der Waals surface area contributed by atoms with Crippen LogP contribution >= 0.6 is 12.2 Å². The topological polar surface area (TPSA) is 71.2 Å². The summed E-state index contributed by atoms with van der Waals surface area (Å²) < 4.78 is 4.58. The van der Waals surface area contributed by atoms with E-state index in [0.29, 0.717) is 23.9 Å². The van der Waals surface area contributed by atoms with E-state index < -0.39 is 0 Å². The van der Waals surface area contributed by atoms with Gasteiger partial charge in [0.1, 0.15) is 0 Å². The Labute approximate surface area is 206 Å². The lowest BCUT2D eigenvalue weighted by Crippen LogP contribution is -2.50. The molecule has 0 atom stereocenters. The van der Waals surface area contributed by atoms with Crippen LogP contribution in [0.5, 0.6) is 0 Å². The Morgan fingerprint density at radius 1 is 1.03 bits per heavy atom. The lowest BCUT2D eigenvalue weighted by Gasteiger charge is -2.34. The molecule has 9 heteroatoms. The van der Waals surface area contributed by atoms with Crippen molar-refractivity contribution in [3.05, 3.63) is 59.1 Å². The van der Waals surface area contributed by atoms with Crippen LogP contribution in [-0.4, -0.2) is 74.3 Å². The van der Waals surface area contributed by atoms with Crippen molar-refractivity contribution >= 4 is 18.1 Å². The van der Waals surface area contributed by atoms with Gasteiger partial charge in [0.25, 0.3) is 0 Å². The number of piperazine rings is 1. The van der Waals surface area contributed by atoms with E-state index in [4.69, 9.17) is 17.3 Å². The summed E-state index contributed by atoms with van der Waals surface area (Å²) in [4.78, 5) is 20.8. The second-order valence-electron chi connectivity index (χ2n) is 9.25. The molecule has 2 aromatic heterocycles. The third-order valence-electron chi connectivity index (χ3n) is 5.94. The van der Waals surface area contributed by atoms with Gasteiger partial charge in [-0.25, -0.2) is 4.68 Å². The summed E-state index contributed by atoms with van der Waals surface area (Å²) in [6, 6.07) is 12.2. The standard InChI is InChI=1S/C25H33N7OS/c1-19(2)16-27-23(33)17-29-12-14-30(15-13-29)18-31-25(34)32(22-6-4-20(3)5-7-22)24(28-31)21-8-10-26-11-9-21/h4-11,19H,12-18H2,1-3H3,(H,27,33). The van der Waals surface area contributed by atoms with E-state index in [0.717, 1.165) is 49.8 Å². The van der Waals surface area contributed by atoms with Crippen LogP contribution in [0.25, 0.3) is 17.1 Å². The average Bonchev–Trinajstić information content (AvgIpc) is 3.16. The molecule has 0 bridgehead atoms. The van der Waals surface area contributed by atoms with Crippen molar-refractivity contribution in [1.82, 2.24) is 34.4 Å². The van der Waals surface area contributed by atoms with Gasteiger partial charge in [0, 0.05) is 56.4 Å². The monoisotopic (exact) mass is 479 g/mol. The minimum Gasteiger partial charge on any atom is -0.355 e. The Morgan fingerprint density at radius 2 is 1.68 bits per heavy atom. The van der Waals surface area contributed by atoms with E-state index in [9.17, 15) is 4.79 Å². The summed E-state index contributed by atoms with van der Waals surface area (Å²) in [5.41, 5.74) is 3.16. The van der Waals surface area contributed by atoms with Crippen LogP contribution < -0.4 is 5.32 Å². The smallest absolute Gasteiger partial charge is 0.234 e. The molecular formula is C25H33N7OS. The molecule has 3 aromatic rings. The van der Waals surface area contributed by atoms with Gasteiger partial charge in [-0.05, 0) is 49.3 Å². The number of nitrogens with zero attached hydrogens (tertiary/aromatic N) is 6. The van der Waals surface area contributed by atoms with E-state index >= 15 is 0 Å². The van der Waals surface area contributed by atoms with Crippen molar-refractivity contribution in [1.29, 1.82) is 0 Å². The maximum absolute atomic E-state index is 12.2. The zero-order valence-electron chi connectivity index (χ0n) is 20.1. The molecule has 0 unspecified atom stereocenters. The Bertz CT molecular complexity index is 1150. The molecule has 3 heterocycles. The number of aryl methyl sites for hydroxylation is 1. The van der Waals surface area contributed by atoms with Gasteiger partial charge in [0.2, 0.25) is 10.7 Å². The lowest BCUT2D eigenvalue weighted by molar-refractivity contribution is -0.122. The summed E-state index contributed by atoms with van der Waals surface area (Å²) >= 11 is 5.88. The summed E-state index contributed by atoms with van der Waals surface area (Å²) in [6.07, 6.45) is 3.54. The normalized spacial score (nSPS) is 15.1. The predicted molar refractivity (Wildman–Crippen MR) is 136 cm³/mol. The first kappa shape index (κ1) is 24.3. The van der Waals surface area contributed by atoms with Crippen molar-refractivity contribution in [3.8, 4) is 17.1 Å². The Hall–Kier alpha value is -2.88. The van der Waals surface area contributed by atoms with Crippen molar-refractivity contribution in [2.75, 3.05) is 39.3 Å². The van der Waals surface area contributed by atoms with Crippen LogP contribution in [0.15, 0.2) is 48.8 Å². The predicted octanol–water partition coefficient (Wildman–Crippen LogP) is 3.12. The molecule has 0 aliphatic carbocycles. The molecular weight excluding hydrogens is 446 g/mol. The van der Waals surface area contributed by atoms with Crippen LogP contribution in [0.4, 0.5) is 0 Å². The first-order valence-corrected chi connectivity index (χ1v) is 12.2. The second-order valence-corrected chi connectivity index (χ2v) is 9.61. The third-order valence-corrected chi connectivity index (χ3v) is 6.34. The van der Waals surface area contributed by atoms with E-state index in [1.165, 1.54) is 5.56 Å².